The van der Waals surface area contributed by atoms with Crippen molar-refractivity contribution < 1.29 is 57.5 Å². The number of ether oxygens (including phenoxy) is 4. The summed E-state index contributed by atoms with van der Waals surface area (Å²) in [5.74, 6) is -4.35. The first-order chi connectivity index (χ1) is 29.0. The molecule has 15 nitrogen and oxygen atoms in total. The van der Waals surface area contributed by atoms with Crippen molar-refractivity contribution in [3.05, 3.63) is 57.7 Å². The van der Waals surface area contributed by atoms with Gasteiger partial charge in [-0.15, -0.1) is 0 Å². The number of carbonyl (C=O) groups is 5. The predicted molar refractivity (Wildman–Crippen MR) is 217 cm³/mol. The molecule has 0 radical (unpaired) electrons. The second-order valence-corrected chi connectivity index (χ2v) is 18.2. The van der Waals surface area contributed by atoms with Gasteiger partial charge in [0.25, 0.3) is 0 Å². The predicted octanol–water partition coefficient (Wildman–Crippen LogP) is 3.84. The highest BCUT2D eigenvalue weighted by atomic mass is 19.1. The number of aliphatic hydroxyl groups excluding tert-OH is 1. The third kappa shape index (κ3) is 7.37. The van der Waals surface area contributed by atoms with E-state index in [1.54, 1.807) is 16.7 Å². The quantitative estimate of drug-likeness (QED) is 0.206. The average Bonchev–Trinajstić information content (AvgIpc) is 4.03. The molecular formula is C45H54FN3O12. The molecule has 1 aliphatic heterocycles. The number of anilines is 1. The molecule has 8 atom stereocenters. The van der Waals surface area contributed by atoms with Crippen LogP contribution in [0, 0.1) is 34.4 Å². The summed E-state index contributed by atoms with van der Waals surface area (Å²) >= 11 is 0. The van der Waals surface area contributed by atoms with Crippen molar-refractivity contribution in [3.63, 3.8) is 0 Å². The molecule has 8 rings (SSSR count). The Morgan fingerprint density at radius 1 is 1.03 bits per heavy atom. The summed E-state index contributed by atoms with van der Waals surface area (Å²) in [6, 6.07) is 1.17. The normalized spacial score (nSPS) is 31.7. The van der Waals surface area contributed by atoms with Gasteiger partial charge in [0.15, 0.2) is 24.0 Å². The number of piperazine rings is 1. The minimum absolute atomic E-state index is 0.00583. The maximum Gasteiger partial charge on any atom is 0.346 e. The van der Waals surface area contributed by atoms with Gasteiger partial charge in [-0.3, -0.25) is 24.0 Å². The van der Waals surface area contributed by atoms with Gasteiger partial charge in [-0.25, -0.2) is 9.18 Å². The second kappa shape index (κ2) is 16.1. The fraction of sp³-hybridized carbons (Fsp3) is 0.600. The van der Waals surface area contributed by atoms with Gasteiger partial charge in [0.1, 0.15) is 16.9 Å². The minimum Gasteiger partial charge on any atom is -0.492 e. The van der Waals surface area contributed by atoms with E-state index in [0.29, 0.717) is 38.0 Å². The number of pyridine rings is 1. The molecule has 0 spiro atoms. The molecule has 5 fully saturated rings. The number of Topliss-reactive ketones (excluding diaryl/α,β-unsaturated/α-hetero) is 1. The van der Waals surface area contributed by atoms with Crippen molar-refractivity contribution in [2.24, 2.45) is 28.6 Å². The molecule has 0 bridgehead atoms. The molecule has 1 aromatic carbocycles. The van der Waals surface area contributed by atoms with E-state index >= 15 is 4.39 Å². The summed E-state index contributed by atoms with van der Waals surface area (Å²) in [4.78, 5) is 79.6. The van der Waals surface area contributed by atoms with Crippen LogP contribution in [-0.4, -0.2) is 102 Å². The molecule has 328 valence electrons. The average molecular weight is 848 g/mol. The third-order valence-corrected chi connectivity index (χ3v) is 14.7. The Morgan fingerprint density at radius 2 is 1.77 bits per heavy atom. The van der Waals surface area contributed by atoms with Crippen molar-refractivity contribution in [3.8, 4) is 5.75 Å². The first-order valence-corrected chi connectivity index (χ1v) is 21.3. The zero-order valence-corrected chi connectivity index (χ0v) is 35.0. The molecule has 0 amide bonds. The van der Waals surface area contributed by atoms with Crippen LogP contribution in [-0.2, 0) is 33.4 Å². The van der Waals surface area contributed by atoms with Crippen LogP contribution in [0.3, 0.4) is 0 Å². The van der Waals surface area contributed by atoms with Crippen molar-refractivity contribution >= 4 is 46.1 Å². The number of hydrogen-bond acceptors (Lipinski definition) is 14. The highest BCUT2D eigenvalue weighted by Crippen LogP contribution is 2.67. The molecule has 2 heterocycles. The number of aromatic nitrogens is 1. The summed E-state index contributed by atoms with van der Waals surface area (Å²) in [6.45, 7) is 5.97. The summed E-state index contributed by atoms with van der Waals surface area (Å²) in [5, 5.41) is 26.8. The molecule has 16 heteroatoms. The molecule has 2 aromatic rings. The molecule has 1 saturated heterocycles. The number of esters is 3. The van der Waals surface area contributed by atoms with E-state index in [2.05, 4.69) is 5.32 Å². The van der Waals surface area contributed by atoms with Crippen molar-refractivity contribution in [1.82, 2.24) is 9.88 Å². The van der Waals surface area contributed by atoms with Gasteiger partial charge in [-0.2, -0.15) is 0 Å². The highest BCUT2D eigenvalue weighted by molar-refractivity contribution is 6.01. The van der Waals surface area contributed by atoms with E-state index in [0.717, 1.165) is 30.9 Å². The third-order valence-electron chi connectivity index (χ3n) is 14.7. The van der Waals surface area contributed by atoms with Gasteiger partial charge in [0.2, 0.25) is 18.0 Å². The van der Waals surface area contributed by atoms with Crippen LogP contribution in [0.15, 0.2) is 40.9 Å². The van der Waals surface area contributed by atoms with Gasteiger partial charge in [0.05, 0.1) is 37.0 Å². The molecule has 5 unspecified atom stereocenters. The number of allylic oxidation sites excluding steroid dienone is 4. The number of rotatable bonds is 12. The Morgan fingerprint density at radius 3 is 2.48 bits per heavy atom. The standard InChI is InChI=1S/C45H54FN3O12/c1-24-20-48(16-15-47-24)39-32(46)18-29-38(41(39)58-4)49(26-6-7-26)21-30(40(29)55)42(56)61-23-60-36(54)10-9-35(53)59-22-34(52)45(57)14-12-31-28-8-5-25-17-27(50)11-13-43(25,2)37(28)33(51)19-44(31,45)3/h11,13,17-18,21,24,26,28,31,33,37,47,51,57H,5-10,12,14-16,19-20,22-23H2,1-4H3/t24?,28?,31?,33?,37?,43-,44-,45-/m0/s1. The van der Waals surface area contributed by atoms with Crippen LogP contribution in [0.4, 0.5) is 10.1 Å². The summed E-state index contributed by atoms with van der Waals surface area (Å²) in [7, 11) is 1.41. The Hall–Kier alpha value is -4.93. The fourth-order valence-electron chi connectivity index (χ4n) is 11.5. The zero-order chi connectivity index (χ0) is 43.6. The number of fused-ring (bicyclic) bond motifs is 6. The van der Waals surface area contributed by atoms with E-state index in [4.69, 9.17) is 18.9 Å². The van der Waals surface area contributed by atoms with Crippen LogP contribution in [0.5, 0.6) is 5.75 Å². The number of ketones is 2. The lowest BCUT2D eigenvalue weighted by Gasteiger charge is -2.59. The Labute approximate surface area is 352 Å². The molecule has 6 aliphatic rings. The van der Waals surface area contributed by atoms with Crippen LogP contribution in [0.1, 0.15) is 95.0 Å². The van der Waals surface area contributed by atoms with Crippen molar-refractivity contribution in [2.45, 2.75) is 102 Å². The van der Waals surface area contributed by atoms with Gasteiger partial charge < -0.3 is 43.9 Å². The number of aliphatic hydroxyl groups is 2. The molecule has 5 aliphatic carbocycles. The van der Waals surface area contributed by atoms with Gasteiger partial charge in [-0.05, 0) is 81.9 Å². The molecule has 1 aromatic heterocycles. The van der Waals surface area contributed by atoms with Gasteiger partial charge in [-0.1, -0.05) is 25.5 Å². The monoisotopic (exact) mass is 847 g/mol. The summed E-state index contributed by atoms with van der Waals surface area (Å²) in [5.41, 5.74) is -2.85. The van der Waals surface area contributed by atoms with Crippen LogP contribution < -0.4 is 20.4 Å². The lowest BCUT2D eigenvalue weighted by atomic mass is 9.46. The number of nitrogens with zero attached hydrogens (tertiary/aromatic N) is 2. The van der Waals surface area contributed by atoms with E-state index in [1.165, 1.54) is 13.3 Å². The summed E-state index contributed by atoms with van der Waals surface area (Å²) < 4.78 is 38.6. The largest absolute Gasteiger partial charge is 0.492 e. The van der Waals surface area contributed by atoms with Gasteiger partial charge >= 0.3 is 17.9 Å². The van der Waals surface area contributed by atoms with Gasteiger partial charge in [0, 0.05) is 54.7 Å². The number of carbonyl (C=O) groups excluding carboxylic acids is 5. The highest BCUT2D eigenvalue weighted by Gasteiger charge is 2.68. The van der Waals surface area contributed by atoms with E-state index in [1.807, 2.05) is 31.7 Å². The first-order valence-electron chi connectivity index (χ1n) is 21.3. The van der Waals surface area contributed by atoms with Crippen molar-refractivity contribution in [2.75, 3.05) is 45.0 Å². The Kier molecular flexibility index (Phi) is 11.3. The molecule has 61 heavy (non-hydrogen) atoms. The number of methoxy groups -OCH3 is 1. The number of halogens is 1. The number of nitrogens with one attached hydrogen (secondary N) is 1. The second-order valence-electron chi connectivity index (χ2n) is 18.2. The van der Waals surface area contributed by atoms with E-state index in [-0.39, 0.29) is 70.8 Å². The molecule has 4 saturated carbocycles. The molecular weight excluding hydrogens is 794 g/mol. The lowest BCUT2D eigenvalue weighted by molar-refractivity contribution is -0.181. The maximum absolute atomic E-state index is 15.8. The fourth-order valence-corrected chi connectivity index (χ4v) is 11.5. The minimum atomic E-state index is -1.85. The van der Waals surface area contributed by atoms with Crippen molar-refractivity contribution in [1.29, 1.82) is 0 Å². The lowest BCUT2D eigenvalue weighted by Crippen LogP contribution is -2.61. The Balaban J connectivity index is 0.846. The smallest absolute Gasteiger partial charge is 0.346 e. The first kappa shape index (κ1) is 42.7. The Bertz CT molecular complexity index is 2300. The number of hydrogen-bond donors (Lipinski definition) is 3. The zero-order valence-electron chi connectivity index (χ0n) is 35.0. The van der Waals surface area contributed by atoms with Crippen LogP contribution in [0.2, 0.25) is 0 Å². The molecule has 3 N–H and O–H groups in total. The van der Waals surface area contributed by atoms with E-state index in [9.17, 15) is 39.0 Å². The van der Waals surface area contributed by atoms with Crippen LogP contribution in [0.25, 0.3) is 10.9 Å². The van der Waals surface area contributed by atoms with Crippen LogP contribution >= 0.6 is 0 Å². The SMILES string of the molecule is COc1c(N2CCNC(C)C2)c(F)cc2c(=O)c(C(=O)OCOC(=O)CCC(=O)OCC(=O)[C@@]3(O)CCC4C5CCC6=CC(=O)C=C[C@]6(C)C5C(O)C[C@@]43C)cn(C3CC3)c12. The maximum atomic E-state index is 15.8. The van der Waals surface area contributed by atoms with E-state index < -0.39 is 83.7 Å². The summed E-state index contributed by atoms with van der Waals surface area (Å²) in [6.07, 6.45) is 8.51. The topological polar surface area (TPSA) is 200 Å². The number of benzene rings is 1.